The van der Waals surface area contributed by atoms with Crippen molar-refractivity contribution in [3.63, 3.8) is 0 Å². The lowest BCUT2D eigenvalue weighted by Gasteiger charge is -2.06. The molecule has 4 aromatic rings. The zero-order valence-electron chi connectivity index (χ0n) is 11.4. The van der Waals surface area contributed by atoms with Crippen LogP contribution >= 0.6 is 0 Å². The fourth-order valence-electron chi connectivity index (χ4n) is 2.73. The largest absolute Gasteiger partial charge is 0.506 e. The first-order valence-corrected chi connectivity index (χ1v) is 6.92. The quantitative estimate of drug-likeness (QED) is 0.601. The summed E-state index contributed by atoms with van der Waals surface area (Å²) in [6.45, 7) is 0.741. The molecule has 1 aromatic heterocycles. The van der Waals surface area contributed by atoms with Crippen molar-refractivity contribution in [1.29, 1.82) is 0 Å². The number of benzene rings is 3. The van der Waals surface area contributed by atoms with Crippen molar-refractivity contribution in [2.24, 2.45) is 0 Å². The van der Waals surface area contributed by atoms with Crippen molar-refractivity contribution in [2.45, 2.75) is 6.54 Å². The molecule has 0 radical (unpaired) electrons. The highest BCUT2D eigenvalue weighted by atomic mass is 16.3. The molecule has 3 heteroatoms. The summed E-state index contributed by atoms with van der Waals surface area (Å²) in [7, 11) is 0. The van der Waals surface area contributed by atoms with Crippen LogP contribution in [0.2, 0.25) is 0 Å². The van der Waals surface area contributed by atoms with Crippen molar-refractivity contribution in [1.82, 2.24) is 9.55 Å². The molecule has 1 N–H and O–H groups in total. The number of para-hydroxylation sites is 1. The summed E-state index contributed by atoms with van der Waals surface area (Å²) < 4.78 is 2.05. The molecule has 0 aliphatic carbocycles. The van der Waals surface area contributed by atoms with Crippen molar-refractivity contribution >= 4 is 21.8 Å². The normalized spacial score (nSPS) is 11.2. The predicted molar refractivity (Wildman–Crippen MR) is 84.4 cm³/mol. The lowest BCUT2D eigenvalue weighted by atomic mass is 10.1. The van der Waals surface area contributed by atoms with Crippen LogP contribution in [0.3, 0.4) is 0 Å². The molecule has 0 atom stereocenters. The van der Waals surface area contributed by atoms with Crippen LogP contribution in [0.1, 0.15) is 5.56 Å². The molecule has 3 aromatic carbocycles. The topological polar surface area (TPSA) is 38.1 Å². The predicted octanol–water partition coefficient (Wildman–Crippen LogP) is 3.94. The highest BCUT2D eigenvalue weighted by Crippen LogP contribution is 2.24. The number of rotatable bonds is 2. The fraction of sp³-hybridized carbons (Fsp3) is 0.0556. The third kappa shape index (κ3) is 2.03. The van der Waals surface area contributed by atoms with Crippen molar-refractivity contribution < 1.29 is 5.11 Å². The van der Waals surface area contributed by atoms with E-state index in [0.29, 0.717) is 5.52 Å². The SMILES string of the molecule is Oc1cccc2c1ncn2Cc1ccc2ccccc2c1. The van der Waals surface area contributed by atoms with Gasteiger partial charge in [0.1, 0.15) is 11.3 Å². The first-order chi connectivity index (χ1) is 10.3. The summed E-state index contributed by atoms with van der Waals surface area (Å²) in [5.41, 5.74) is 2.82. The van der Waals surface area contributed by atoms with Crippen molar-refractivity contribution in [3.05, 3.63) is 72.6 Å². The maximum absolute atomic E-state index is 9.82. The maximum Gasteiger partial charge on any atom is 0.143 e. The van der Waals surface area contributed by atoms with E-state index in [1.54, 1.807) is 12.4 Å². The van der Waals surface area contributed by atoms with Crippen LogP contribution in [0.5, 0.6) is 5.75 Å². The summed E-state index contributed by atoms with van der Waals surface area (Å²) in [4.78, 5) is 4.29. The summed E-state index contributed by atoms with van der Waals surface area (Å²) in [6.07, 6.45) is 1.78. The average molecular weight is 274 g/mol. The monoisotopic (exact) mass is 274 g/mol. The number of fused-ring (bicyclic) bond motifs is 2. The Bertz CT molecular complexity index is 940. The van der Waals surface area contributed by atoms with Gasteiger partial charge in [-0.05, 0) is 34.5 Å². The number of aromatic hydroxyl groups is 1. The Labute approximate surface area is 122 Å². The molecule has 0 saturated heterocycles. The highest BCUT2D eigenvalue weighted by Gasteiger charge is 2.06. The Morgan fingerprint density at radius 2 is 1.76 bits per heavy atom. The zero-order valence-corrected chi connectivity index (χ0v) is 11.4. The van der Waals surface area contributed by atoms with Gasteiger partial charge in [0, 0.05) is 6.54 Å². The minimum Gasteiger partial charge on any atom is -0.506 e. The van der Waals surface area contributed by atoms with E-state index >= 15 is 0 Å². The van der Waals surface area contributed by atoms with Gasteiger partial charge in [-0.1, -0.05) is 42.5 Å². The van der Waals surface area contributed by atoms with Gasteiger partial charge in [0.2, 0.25) is 0 Å². The first-order valence-electron chi connectivity index (χ1n) is 6.92. The zero-order chi connectivity index (χ0) is 14.2. The van der Waals surface area contributed by atoms with E-state index in [1.807, 2.05) is 18.2 Å². The van der Waals surface area contributed by atoms with E-state index in [-0.39, 0.29) is 5.75 Å². The molecule has 0 aliphatic heterocycles. The number of hydrogen-bond donors (Lipinski definition) is 1. The van der Waals surface area contributed by atoms with Crippen molar-refractivity contribution in [2.75, 3.05) is 0 Å². The van der Waals surface area contributed by atoms with E-state index in [0.717, 1.165) is 12.1 Å². The van der Waals surface area contributed by atoms with Gasteiger partial charge in [0.15, 0.2) is 0 Å². The highest BCUT2D eigenvalue weighted by molar-refractivity contribution is 5.83. The van der Waals surface area contributed by atoms with E-state index in [4.69, 9.17) is 0 Å². The lowest BCUT2D eigenvalue weighted by Crippen LogP contribution is -1.97. The molecule has 0 fully saturated rings. The molecule has 1 heterocycles. The molecule has 102 valence electrons. The number of phenolic OH excluding ortho intramolecular Hbond substituents is 1. The fourth-order valence-corrected chi connectivity index (χ4v) is 2.73. The smallest absolute Gasteiger partial charge is 0.143 e. The molecular weight excluding hydrogens is 260 g/mol. The standard InChI is InChI=1S/C18H14N2O/c21-17-7-3-6-16-18(17)19-12-20(16)11-13-8-9-14-4-1-2-5-15(14)10-13/h1-10,12,21H,11H2. The number of hydrogen-bond acceptors (Lipinski definition) is 2. The minimum atomic E-state index is 0.227. The van der Waals surface area contributed by atoms with Crippen LogP contribution in [0, 0.1) is 0 Å². The molecular formula is C18H14N2O. The Hall–Kier alpha value is -2.81. The second-order valence-electron chi connectivity index (χ2n) is 5.20. The molecule has 3 nitrogen and oxygen atoms in total. The second-order valence-corrected chi connectivity index (χ2v) is 5.20. The molecule has 0 spiro atoms. The van der Waals surface area contributed by atoms with Gasteiger partial charge in [0.25, 0.3) is 0 Å². The van der Waals surface area contributed by atoms with Crippen LogP contribution < -0.4 is 0 Å². The third-order valence-corrected chi connectivity index (χ3v) is 3.80. The van der Waals surface area contributed by atoms with Crippen LogP contribution in [0.25, 0.3) is 21.8 Å². The lowest BCUT2D eigenvalue weighted by molar-refractivity contribution is 0.480. The van der Waals surface area contributed by atoms with Gasteiger partial charge in [-0.2, -0.15) is 0 Å². The van der Waals surface area contributed by atoms with Crippen LogP contribution in [0.15, 0.2) is 67.0 Å². The van der Waals surface area contributed by atoms with Gasteiger partial charge in [-0.3, -0.25) is 0 Å². The third-order valence-electron chi connectivity index (χ3n) is 3.80. The van der Waals surface area contributed by atoms with Gasteiger partial charge >= 0.3 is 0 Å². The molecule has 4 rings (SSSR count). The number of nitrogens with zero attached hydrogens (tertiary/aromatic N) is 2. The molecule has 0 unspecified atom stereocenters. The first kappa shape index (κ1) is 12.0. The molecule has 0 amide bonds. The van der Waals surface area contributed by atoms with Crippen molar-refractivity contribution in [3.8, 4) is 5.75 Å². The Balaban J connectivity index is 1.77. The van der Waals surface area contributed by atoms with Gasteiger partial charge in [-0.15, -0.1) is 0 Å². The Morgan fingerprint density at radius 1 is 0.905 bits per heavy atom. The molecule has 21 heavy (non-hydrogen) atoms. The second kappa shape index (κ2) is 4.63. The summed E-state index contributed by atoms with van der Waals surface area (Å²) in [6, 6.07) is 20.3. The van der Waals surface area contributed by atoms with Gasteiger partial charge in [0.05, 0.1) is 11.8 Å². The van der Waals surface area contributed by atoms with Crippen LogP contribution in [-0.4, -0.2) is 14.7 Å². The molecule has 0 saturated carbocycles. The van der Waals surface area contributed by atoms with Gasteiger partial charge in [-0.25, -0.2) is 4.98 Å². The summed E-state index contributed by atoms with van der Waals surface area (Å²) in [5, 5.41) is 12.3. The van der Waals surface area contributed by atoms with E-state index in [1.165, 1.54) is 16.3 Å². The maximum atomic E-state index is 9.82. The number of aromatic nitrogens is 2. The summed E-state index contributed by atoms with van der Waals surface area (Å²) >= 11 is 0. The average Bonchev–Trinajstić information content (AvgIpc) is 2.92. The van der Waals surface area contributed by atoms with Gasteiger partial charge < -0.3 is 9.67 Å². The van der Waals surface area contributed by atoms with E-state index in [9.17, 15) is 5.11 Å². The number of imidazole rings is 1. The molecule has 0 aliphatic rings. The number of phenols is 1. The Morgan fingerprint density at radius 3 is 2.67 bits per heavy atom. The Kier molecular flexibility index (Phi) is 2.64. The van der Waals surface area contributed by atoms with Crippen LogP contribution in [0.4, 0.5) is 0 Å². The van der Waals surface area contributed by atoms with Crippen LogP contribution in [-0.2, 0) is 6.54 Å². The minimum absolute atomic E-state index is 0.227. The summed E-state index contributed by atoms with van der Waals surface area (Å²) in [5.74, 6) is 0.227. The van der Waals surface area contributed by atoms with E-state index < -0.39 is 0 Å². The molecule has 0 bridgehead atoms. The van der Waals surface area contributed by atoms with E-state index in [2.05, 4.69) is 45.9 Å².